The van der Waals surface area contributed by atoms with Crippen molar-refractivity contribution in [3.8, 4) is 11.5 Å². The van der Waals surface area contributed by atoms with Crippen molar-refractivity contribution in [3.63, 3.8) is 0 Å². The van der Waals surface area contributed by atoms with Crippen LogP contribution in [0.4, 0.5) is 0 Å². The van der Waals surface area contributed by atoms with Crippen molar-refractivity contribution in [2.45, 2.75) is 90.6 Å². The molecule has 0 saturated carbocycles. The highest BCUT2D eigenvalue weighted by Crippen LogP contribution is 2.42. The van der Waals surface area contributed by atoms with Crippen LogP contribution in [0.3, 0.4) is 0 Å². The summed E-state index contributed by atoms with van der Waals surface area (Å²) in [7, 11) is 0. The molecule has 1 atom stereocenters. The lowest BCUT2D eigenvalue weighted by Crippen LogP contribution is -2.27. The van der Waals surface area contributed by atoms with Crippen LogP contribution in [-0.2, 0) is 22.0 Å². The van der Waals surface area contributed by atoms with Crippen molar-refractivity contribution in [3.05, 3.63) is 58.1 Å². The molecule has 2 N–H and O–H groups in total. The molecule has 0 saturated heterocycles. The Labute approximate surface area is 197 Å². The molecule has 0 bridgehead atoms. The van der Waals surface area contributed by atoms with Crippen molar-refractivity contribution in [1.29, 1.82) is 0 Å². The Kier molecular flexibility index (Phi) is 8.64. The minimum absolute atomic E-state index is 0.256. The van der Waals surface area contributed by atoms with Gasteiger partial charge in [0.1, 0.15) is 11.5 Å². The van der Waals surface area contributed by atoms with Gasteiger partial charge in [-0.15, -0.1) is 0 Å². The Hall–Kier alpha value is -2.20. The zero-order chi connectivity index (χ0) is 24.1. The molecule has 1 unspecified atom stereocenters. The summed E-state index contributed by atoms with van der Waals surface area (Å²) in [5.74, 6) is -0.219. The molecular weight excluding hydrogens is 424 g/mol. The second kappa shape index (κ2) is 10.6. The van der Waals surface area contributed by atoms with Gasteiger partial charge in [0.15, 0.2) is 6.10 Å². The summed E-state index contributed by atoms with van der Waals surface area (Å²) in [6.45, 7) is 12.1. The lowest BCUT2D eigenvalue weighted by atomic mass is 9.79. The number of carbonyl (C=O) groups is 1. The normalized spacial score (nSPS) is 13.1. The van der Waals surface area contributed by atoms with E-state index in [-0.39, 0.29) is 16.6 Å². The second-order valence-electron chi connectivity index (χ2n) is 10.5. The number of ether oxygens (including phenoxy) is 1. The predicted octanol–water partition coefficient (Wildman–Crippen LogP) is 7.28. The van der Waals surface area contributed by atoms with E-state index in [1.807, 2.05) is 65.8 Å². The Morgan fingerprint density at radius 1 is 0.938 bits per heavy atom. The Balaban J connectivity index is 2.06. The molecule has 0 radical (unpaired) electrons. The maximum atomic E-state index is 11.9. The van der Waals surface area contributed by atoms with Gasteiger partial charge in [0.2, 0.25) is 0 Å². The summed E-state index contributed by atoms with van der Waals surface area (Å²) in [5.41, 5.74) is 2.14. The van der Waals surface area contributed by atoms with E-state index in [1.54, 1.807) is 12.1 Å². The number of hydrogen-bond donors (Lipinski definition) is 2. The first-order chi connectivity index (χ1) is 14.8. The quantitative estimate of drug-likeness (QED) is 0.386. The van der Waals surface area contributed by atoms with Gasteiger partial charge in [-0.05, 0) is 66.3 Å². The van der Waals surface area contributed by atoms with Crippen molar-refractivity contribution in [2.24, 2.45) is 0 Å². The van der Waals surface area contributed by atoms with Gasteiger partial charge >= 0.3 is 5.97 Å². The molecule has 0 aromatic heterocycles. The molecule has 0 amide bonds. The highest BCUT2D eigenvalue weighted by atomic mass is 35.5. The number of carboxylic acid groups (broad SMARTS) is 1. The number of phenols is 1. The number of unbranched alkanes of at least 4 members (excludes halogenated alkanes) is 2. The summed E-state index contributed by atoms with van der Waals surface area (Å²) >= 11 is 5.92. The molecule has 32 heavy (non-hydrogen) atoms. The van der Waals surface area contributed by atoms with Crippen LogP contribution < -0.4 is 4.74 Å². The number of aliphatic carboxylic acids is 1. The summed E-state index contributed by atoms with van der Waals surface area (Å²) in [6.07, 6.45) is 3.13. The number of rotatable bonds is 9. The molecule has 0 heterocycles. The first kappa shape index (κ1) is 26.1. The maximum Gasteiger partial charge on any atom is 0.344 e. The molecular formula is C27H37ClO4. The lowest BCUT2D eigenvalue weighted by molar-refractivity contribution is -0.145. The molecule has 2 aromatic carbocycles. The van der Waals surface area contributed by atoms with E-state index < -0.39 is 12.1 Å². The number of benzene rings is 2. The van der Waals surface area contributed by atoms with Crippen molar-refractivity contribution >= 4 is 17.6 Å². The number of phenolic OH excluding ortho intramolecular Hbond substituents is 1. The van der Waals surface area contributed by atoms with Crippen molar-refractivity contribution in [1.82, 2.24) is 0 Å². The third kappa shape index (κ3) is 7.44. The molecule has 0 aliphatic carbocycles. The first-order valence-electron chi connectivity index (χ1n) is 11.3. The minimum atomic E-state index is -0.967. The average molecular weight is 461 g/mol. The topological polar surface area (TPSA) is 66.8 Å². The number of halogens is 1. The van der Waals surface area contributed by atoms with E-state index in [0.29, 0.717) is 12.2 Å². The summed E-state index contributed by atoms with van der Waals surface area (Å²) < 4.78 is 5.96. The van der Waals surface area contributed by atoms with Gasteiger partial charge in [0.05, 0.1) is 0 Å². The summed E-state index contributed by atoms with van der Waals surface area (Å²) in [5, 5.41) is 21.3. The highest BCUT2D eigenvalue weighted by Gasteiger charge is 2.28. The Bertz CT molecular complexity index is 870. The predicted molar refractivity (Wildman–Crippen MR) is 131 cm³/mol. The fraction of sp³-hybridized carbons (Fsp3) is 0.519. The molecule has 0 spiro atoms. The van der Waals surface area contributed by atoms with Crippen LogP contribution in [0.2, 0.25) is 5.02 Å². The highest BCUT2D eigenvalue weighted by molar-refractivity contribution is 6.30. The van der Waals surface area contributed by atoms with Gasteiger partial charge in [0, 0.05) is 16.1 Å². The van der Waals surface area contributed by atoms with Crippen LogP contribution in [0.25, 0.3) is 0 Å². The fourth-order valence-corrected chi connectivity index (χ4v) is 3.83. The molecule has 176 valence electrons. The first-order valence-corrected chi connectivity index (χ1v) is 11.7. The molecule has 2 aromatic rings. The van der Waals surface area contributed by atoms with E-state index in [9.17, 15) is 15.0 Å². The lowest BCUT2D eigenvalue weighted by Gasteiger charge is -2.28. The summed E-state index contributed by atoms with van der Waals surface area (Å²) in [4.78, 5) is 11.9. The van der Waals surface area contributed by atoms with Crippen LogP contribution in [0.1, 0.15) is 83.9 Å². The molecule has 2 rings (SSSR count). The number of carboxylic acids is 1. The summed E-state index contributed by atoms with van der Waals surface area (Å²) in [6, 6.07) is 11.4. The van der Waals surface area contributed by atoms with E-state index in [2.05, 4.69) is 0 Å². The van der Waals surface area contributed by atoms with E-state index in [1.165, 1.54) is 5.56 Å². The third-order valence-corrected chi connectivity index (χ3v) is 5.85. The molecule has 0 aliphatic heterocycles. The minimum Gasteiger partial charge on any atom is -0.507 e. The Morgan fingerprint density at radius 3 is 1.94 bits per heavy atom. The monoisotopic (exact) mass is 460 g/mol. The number of hydrogen-bond acceptors (Lipinski definition) is 3. The van der Waals surface area contributed by atoms with Gasteiger partial charge in [-0.2, -0.15) is 0 Å². The van der Waals surface area contributed by atoms with Crippen molar-refractivity contribution < 1.29 is 19.7 Å². The number of aromatic hydroxyl groups is 1. The Morgan fingerprint density at radius 2 is 1.47 bits per heavy atom. The third-order valence-electron chi connectivity index (χ3n) is 5.60. The molecule has 5 heteroatoms. The van der Waals surface area contributed by atoms with E-state index >= 15 is 0 Å². The molecule has 0 fully saturated rings. The standard InChI is InChI=1S/C27H37ClO4/c1-26(2,3)21-16-20(17-22(24(21)29)27(4,5)6)32-23(25(30)31)11-9-7-8-10-18-12-14-19(28)15-13-18/h12-17,23,29H,7-11H2,1-6H3,(H,30,31). The zero-order valence-corrected chi connectivity index (χ0v) is 20.9. The van der Waals surface area contributed by atoms with Crippen LogP contribution >= 0.6 is 11.6 Å². The van der Waals surface area contributed by atoms with Gasteiger partial charge < -0.3 is 14.9 Å². The molecule has 0 aliphatic rings. The van der Waals surface area contributed by atoms with Crippen molar-refractivity contribution in [2.75, 3.05) is 0 Å². The maximum absolute atomic E-state index is 11.9. The van der Waals surface area contributed by atoms with Crippen LogP contribution in [0.15, 0.2) is 36.4 Å². The van der Waals surface area contributed by atoms with Gasteiger partial charge in [-0.1, -0.05) is 71.7 Å². The van der Waals surface area contributed by atoms with Crippen LogP contribution in [0.5, 0.6) is 11.5 Å². The average Bonchev–Trinajstić information content (AvgIpc) is 2.67. The second-order valence-corrected chi connectivity index (χ2v) is 11.0. The largest absolute Gasteiger partial charge is 0.507 e. The smallest absolute Gasteiger partial charge is 0.344 e. The zero-order valence-electron chi connectivity index (χ0n) is 20.2. The van der Waals surface area contributed by atoms with Gasteiger partial charge in [-0.25, -0.2) is 4.79 Å². The van der Waals surface area contributed by atoms with E-state index in [0.717, 1.165) is 41.8 Å². The molecule has 4 nitrogen and oxygen atoms in total. The van der Waals surface area contributed by atoms with Crippen LogP contribution in [-0.4, -0.2) is 22.3 Å². The van der Waals surface area contributed by atoms with Crippen LogP contribution in [0, 0.1) is 0 Å². The number of aryl methyl sites for hydroxylation is 1. The van der Waals surface area contributed by atoms with Gasteiger partial charge in [-0.3, -0.25) is 0 Å². The van der Waals surface area contributed by atoms with Gasteiger partial charge in [0.25, 0.3) is 0 Å². The van der Waals surface area contributed by atoms with E-state index in [4.69, 9.17) is 16.3 Å². The SMILES string of the molecule is CC(C)(C)c1cc(OC(CCCCCc2ccc(Cl)cc2)C(=O)O)cc(C(C)(C)C)c1O. The fourth-order valence-electron chi connectivity index (χ4n) is 3.70.